The Hall–Kier alpha value is -0.980. The number of fused-ring (bicyclic) bond motifs is 3. The fourth-order valence-electron chi connectivity index (χ4n) is 2.80. The number of hydrogen-bond donors (Lipinski definition) is 0. The van der Waals surface area contributed by atoms with E-state index in [1.54, 1.807) is 7.11 Å². The van der Waals surface area contributed by atoms with Crippen LogP contribution in [0.4, 0.5) is 0 Å². The van der Waals surface area contributed by atoms with Crippen molar-refractivity contribution in [3.05, 3.63) is 35.9 Å². The summed E-state index contributed by atoms with van der Waals surface area (Å²) < 4.78 is 28.4. The number of methoxy groups -OCH3 is 1. The summed E-state index contributed by atoms with van der Waals surface area (Å²) in [7, 11) is 1.63. The zero-order chi connectivity index (χ0) is 12.8. The molecule has 0 saturated carbocycles. The Kier molecular flexibility index (Phi) is 2.82. The van der Waals surface area contributed by atoms with Gasteiger partial charge in [-0.15, -0.1) is 0 Å². The standard InChI is InChI=1S/C14H16O5/c1-15-14-12-11(18-12)10-9(17-14)7-16-13(19-10)8-5-3-2-4-6-8/h2-6,9-14H,7H2,1H3/t9-,10-,11-,12-,13?,14+/m0/s1. The van der Waals surface area contributed by atoms with Gasteiger partial charge in [-0.1, -0.05) is 30.3 Å². The highest BCUT2D eigenvalue weighted by atomic mass is 16.8. The normalized spacial score (nSPS) is 44.3. The van der Waals surface area contributed by atoms with Crippen molar-refractivity contribution < 1.29 is 23.7 Å². The van der Waals surface area contributed by atoms with Gasteiger partial charge in [0.2, 0.25) is 0 Å². The summed E-state index contributed by atoms with van der Waals surface area (Å²) in [5.74, 6) is 0. The average Bonchev–Trinajstić information content (AvgIpc) is 3.27. The van der Waals surface area contributed by atoms with Crippen molar-refractivity contribution in [2.24, 2.45) is 0 Å². The molecule has 3 aliphatic rings. The first kappa shape index (κ1) is 11.8. The predicted molar refractivity (Wildman–Crippen MR) is 64.3 cm³/mol. The number of epoxide rings is 1. The highest BCUT2D eigenvalue weighted by molar-refractivity contribution is 5.17. The first-order chi connectivity index (χ1) is 9.36. The molecule has 3 aliphatic heterocycles. The van der Waals surface area contributed by atoms with Crippen LogP contribution in [0.5, 0.6) is 0 Å². The molecule has 3 fully saturated rings. The highest BCUT2D eigenvalue weighted by Crippen LogP contribution is 2.43. The second-order valence-corrected chi connectivity index (χ2v) is 5.02. The van der Waals surface area contributed by atoms with Gasteiger partial charge in [-0.25, -0.2) is 0 Å². The summed E-state index contributed by atoms with van der Waals surface area (Å²) in [6.07, 6.45) is -0.759. The molecule has 4 rings (SSSR count). The van der Waals surface area contributed by atoms with Crippen molar-refractivity contribution in [2.45, 2.75) is 37.0 Å². The fourth-order valence-corrected chi connectivity index (χ4v) is 2.80. The third-order valence-electron chi connectivity index (χ3n) is 3.83. The van der Waals surface area contributed by atoms with Crippen molar-refractivity contribution in [3.8, 4) is 0 Å². The van der Waals surface area contributed by atoms with E-state index in [-0.39, 0.29) is 37.0 Å². The van der Waals surface area contributed by atoms with E-state index in [9.17, 15) is 0 Å². The monoisotopic (exact) mass is 264 g/mol. The van der Waals surface area contributed by atoms with Crippen LogP contribution in [0.3, 0.4) is 0 Å². The second kappa shape index (κ2) is 4.54. The lowest BCUT2D eigenvalue weighted by Crippen LogP contribution is -2.52. The van der Waals surface area contributed by atoms with Gasteiger partial charge in [0.1, 0.15) is 24.4 Å². The lowest BCUT2D eigenvalue weighted by Gasteiger charge is -2.39. The van der Waals surface area contributed by atoms with Gasteiger partial charge >= 0.3 is 0 Å². The molecule has 0 bridgehead atoms. The molecule has 0 amide bonds. The van der Waals surface area contributed by atoms with Gasteiger partial charge in [-0.05, 0) is 0 Å². The average molecular weight is 264 g/mol. The van der Waals surface area contributed by atoms with Gasteiger partial charge < -0.3 is 23.7 Å². The van der Waals surface area contributed by atoms with E-state index in [2.05, 4.69) is 0 Å². The molecule has 0 aromatic heterocycles. The Balaban J connectivity index is 1.50. The largest absolute Gasteiger partial charge is 0.361 e. The minimum absolute atomic E-state index is 0.000716. The Labute approximate surface area is 111 Å². The minimum atomic E-state index is -0.338. The van der Waals surface area contributed by atoms with Gasteiger partial charge in [0.05, 0.1) is 6.61 Å². The molecule has 1 unspecified atom stereocenters. The molecular formula is C14H16O5. The van der Waals surface area contributed by atoms with Crippen molar-refractivity contribution in [1.29, 1.82) is 0 Å². The number of benzene rings is 1. The van der Waals surface area contributed by atoms with Crippen LogP contribution >= 0.6 is 0 Å². The fraction of sp³-hybridized carbons (Fsp3) is 0.571. The highest BCUT2D eigenvalue weighted by Gasteiger charge is 2.60. The topological polar surface area (TPSA) is 49.5 Å². The molecule has 5 heteroatoms. The van der Waals surface area contributed by atoms with Crippen LogP contribution in [-0.4, -0.2) is 44.4 Å². The molecule has 19 heavy (non-hydrogen) atoms. The van der Waals surface area contributed by atoms with Crippen LogP contribution in [0.15, 0.2) is 30.3 Å². The number of rotatable bonds is 2. The van der Waals surface area contributed by atoms with Crippen LogP contribution < -0.4 is 0 Å². The first-order valence-electron chi connectivity index (χ1n) is 6.52. The molecule has 0 N–H and O–H groups in total. The van der Waals surface area contributed by atoms with Crippen LogP contribution in [0, 0.1) is 0 Å². The van der Waals surface area contributed by atoms with Gasteiger partial charge in [0, 0.05) is 12.7 Å². The quantitative estimate of drug-likeness (QED) is 0.752. The van der Waals surface area contributed by atoms with Gasteiger partial charge in [0.25, 0.3) is 0 Å². The maximum absolute atomic E-state index is 6.00. The molecule has 0 spiro atoms. The summed E-state index contributed by atoms with van der Waals surface area (Å²) >= 11 is 0. The second-order valence-electron chi connectivity index (χ2n) is 5.02. The van der Waals surface area contributed by atoms with E-state index in [1.165, 1.54) is 0 Å². The van der Waals surface area contributed by atoms with Crippen LogP contribution in [-0.2, 0) is 23.7 Å². The van der Waals surface area contributed by atoms with Crippen LogP contribution in [0.25, 0.3) is 0 Å². The maximum atomic E-state index is 6.00. The van der Waals surface area contributed by atoms with Crippen LogP contribution in [0.2, 0.25) is 0 Å². The Bertz CT molecular complexity index is 450. The van der Waals surface area contributed by atoms with E-state index in [1.807, 2.05) is 30.3 Å². The molecule has 0 radical (unpaired) electrons. The summed E-state index contributed by atoms with van der Waals surface area (Å²) in [5, 5.41) is 0. The summed E-state index contributed by atoms with van der Waals surface area (Å²) in [4.78, 5) is 0. The van der Waals surface area contributed by atoms with Crippen molar-refractivity contribution in [1.82, 2.24) is 0 Å². The predicted octanol–water partition coefficient (Wildman–Crippen LogP) is 1.24. The lowest BCUT2D eigenvalue weighted by molar-refractivity contribution is -0.304. The molecule has 102 valence electrons. The van der Waals surface area contributed by atoms with E-state index in [0.717, 1.165) is 5.56 Å². The molecule has 5 nitrogen and oxygen atoms in total. The third kappa shape index (κ3) is 1.98. The van der Waals surface area contributed by atoms with Crippen LogP contribution in [0.1, 0.15) is 11.9 Å². The van der Waals surface area contributed by atoms with Crippen molar-refractivity contribution >= 4 is 0 Å². The van der Waals surface area contributed by atoms with E-state index >= 15 is 0 Å². The summed E-state index contributed by atoms with van der Waals surface area (Å²) in [6.45, 7) is 0.497. The summed E-state index contributed by atoms with van der Waals surface area (Å²) in [6, 6.07) is 9.92. The lowest BCUT2D eigenvalue weighted by atomic mass is 10.0. The Morgan fingerprint density at radius 1 is 1.00 bits per heavy atom. The van der Waals surface area contributed by atoms with E-state index < -0.39 is 0 Å². The van der Waals surface area contributed by atoms with E-state index in [4.69, 9.17) is 23.7 Å². The zero-order valence-electron chi connectivity index (χ0n) is 10.6. The molecule has 1 aromatic rings. The molecule has 3 saturated heterocycles. The molecule has 3 heterocycles. The SMILES string of the molecule is CO[C@@H]1O[C@H]2COC(c3ccccc3)O[C@@H]2[C@@H]2O[C@H]12. The Morgan fingerprint density at radius 2 is 1.84 bits per heavy atom. The summed E-state index contributed by atoms with van der Waals surface area (Å²) in [5.41, 5.74) is 1.02. The van der Waals surface area contributed by atoms with E-state index in [0.29, 0.717) is 6.61 Å². The van der Waals surface area contributed by atoms with Gasteiger partial charge in [0.15, 0.2) is 12.6 Å². The molecular weight excluding hydrogens is 248 g/mol. The molecule has 1 aromatic carbocycles. The number of hydrogen-bond acceptors (Lipinski definition) is 5. The minimum Gasteiger partial charge on any atom is -0.361 e. The number of ether oxygens (including phenoxy) is 5. The van der Waals surface area contributed by atoms with Gasteiger partial charge in [-0.3, -0.25) is 0 Å². The van der Waals surface area contributed by atoms with Crippen molar-refractivity contribution in [3.63, 3.8) is 0 Å². The zero-order valence-corrected chi connectivity index (χ0v) is 10.6. The molecule has 6 atom stereocenters. The smallest absolute Gasteiger partial charge is 0.186 e. The third-order valence-corrected chi connectivity index (χ3v) is 3.83. The van der Waals surface area contributed by atoms with Gasteiger partial charge in [-0.2, -0.15) is 0 Å². The molecule has 0 aliphatic carbocycles. The first-order valence-corrected chi connectivity index (χ1v) is 6.52. The van der Waals surface area contributed by atoms with Crippen molar-refractivity contribution in [2.75, 3.05) is 13.7 Å². The maximum Gasteiger partial charge on any atom is 0.186 e. The Morgan fingerprint density at radius 3 is 2.63 bits per heavy atom.